The van der Waals surface area contributed by atoms with E-state index >= 15 is 0 Å². The summed E-state index contributed by atoms with van der Waals surface area (Å²) < 4.78 is 1.71. The highest BCUT2D eigenvalue weighted by atomic mass is 32.2. The largest absolute Gasteiger partial charge is 0.342 e. The summed E-state index contributed by atoms with van der Waals surface area (Å²) in [6.45, 7) is 6.06. The molecule has 162 valence electrons. The number of hydrogen-bond acceptors (Lipinski definition) is 4. The molecule has 0 radical (unpaired) electrons. The molecule has 2 heterocycles. The Bertz CT molecular complexity index is 1120. The minimum absolute atomic E-state index is 0.0666. The molecule has 4 rings (SSSR count). The van der Waals surface area contributed by atoms with Gasteiger partial charge in [-0.1, -0.05) is 66.6 Å². The molecule has 0 N–H and O–H groups in total. The Labute approximate surface area is 187 Å². The number of likely N-dealkylation sites (tertiary alicyclic amines) is 1. The maximum atomic E-state index is 13.3. The van der Waals surface area contributed by atoms with Crippen molar-refractivity contribution < 1.29 is 4.79 Å². The zero-order valence-corrected chi connectivity index (χ0v) is 19.0. The van der Waals surface area contributed by atoms with Crippen molar-refractivity contribution >= 4 is 28.6 Å². The molecule has 1 amide bonds. The summed E-state index contributed by atoms with van der Waals surface area (Å²) in [5.41, 5.74) is 2.82. The first-order valence-electron chi connectivity index (χ1n) is 11.0. The maximum absolute atomic E-state index is 13.3. The van der Waals surface area contributed by atoms with Crippen molar-refractivity contribution in [2.45, 2.75) is 56.5 Å². The van der Waals surface area contributed by atoms with Crippen molar-refractivity contribution in [2.24, 2.45) is 0 Å². The van der Waals surface area contributed by atoms with Gasteiger partial charge in [-0.25, -0.2) is 4.98 Å². The van der Waals surface area contributed by atoms with Crippen LogP contribution in [-0.2, 0) is 11.3 Å². The van der Waals surface area contributed by atoms with Gasteiger partial charge in [-0.15, -0.1) is 0 Å². The molecule has 2 aromatic carbocycles. The van der Waals surface area contributed by atoms with Gasteiger partial charge in [0.15, 0.2) is 5.16 Å². The molecule has 0 bridgehead atoms. The average Bonchev–Trinajstić information content (AvgIpc) is 3.07. The van der Waals surface area contributed by atoms with Crippen LogP contribution in [-0.4, -0.2) is 38.7 Å². The van der Waals surface area contributed by atoms with Crippen LogP contribution in [0.3, 0.4) is 0 Å². The molecule has 1 aromatic heterocycles. The number of benzene rings is 2. The zero-order chi connectivity index (χ0) is 21.8. The molecule has 31 heavy (non-hydrogen) atoms. The van der Waals surface area contributed by atoms with Gasteiger partial charge in [-0.3, -0.25) is 14.2 Å². The SMILES string of the molecule is Cc1ccc(Cn2c(SC(C)C(=O)N3CCCCCC3)nc3ccccc3c2=O)cc1. The summed E-state index contributed by atoms with van der Waals surface area (Å²) in [4.78, 5) is 33.2. The smallest absolute Gasteiger partial charge is 0.262 e. The number of para-hydroxylation sites is 1. The molecular weight excluding hydrogens is 406 g/mol. The van der Waals surface area contributed by atoms with Gasteiger partial charge in [0.05, 0.1) is 22.7 Å². The van der Waals surface area contributed by atoms with Gasteiger partial charge in [0.1, 0.15) is 0 Å². The minimum atomic E-state index is -0.296. The van der Waals surface area contributed by atoms with E-state index in [0.29, 0.717) is 22.6 Å². The first kappa shape index (κ1) is 21.6. The van der Waals surface area contributed by atoms with Crippen molar-refractivity contribution in [3.8, 4) is 0 Å². The Morgan fingerprint density at radius 3 is 2.42 bits per heavy atom. The van der Waals surface area contributed by atoms with Crippen LogP contribution in [0.4, 0.5) is 0 Å². The molecule has 1 saturated heterocycles. The normalized spacial score (nSPS) is 15.6. The van der Waals surface area contributed by atoms with Crippen molar-refractivity contribution in [1.82, 2.24) is 14.5 Å². The van der Waals surface area contributed by atoms with E-state index in [1.54, 1.807) is 4.57 Å². The average molecular weight is 436 g/mol. The number of thioether (sulfide) groups is 1. The lowest BCUT2D eigenvalue weighted by atomic mass is 10.1. The van der Waals surface area contributed by atoms with Crippen LogP contribution in [0, 0.1) is 6.92 Å². The van der Waals surface area contributed by atoms with Gasteiger partial charge < -0.3 is 4.90 Å². The predicted molar refractivity (Wildman–Crippen MR) is 127 cm³/mol. The van der Waals surface area contributed by atoms with E-state index in [1.165, 1.54) is 30.2 Å². The number of nitrogens with zero attached hydrogens (tertiary/aromatic N) is 3. The second kappa shape index (κ2) is 9.69. The lowest BCUT2D eigenvalue weighted by molar-refractivity contribution is -0.130. The summed E-state index contributed by atoms with van der Waals surface area (Å²) in [5.74, 6) is 0.135. The monoisotopic (exact) mass is 435 g/mol. The number of fused-ring (bicyclic) bond motifs is 1. The van der Waals surface area contributed by atoms with Crippen LogP contribution >= 0.6 is 11.8 Å². The number of carbonyl (C=O) groups excluding carboxylic acids is 1. The first-order valence-corrected chi connectivity index (χ1v) is 11.9. The first-order chi connectivity index (χ1) is 15.0. The summed E-state index contributed by atoms with van der Waals surface area (Å²) in [5, 5.41) is 0.904. The molecule has 6 heteroatoms. The summed E-state index contributed by atoms with van der Waals surface area (Å²) in [6.07, 6.45) is 4.51. The molecule has 1 atom stereocenters. The van der Waals surface area contributed by atoms with Crippen LogP contribution in [0.1, 0.15) is 43.7 Å². The van der Waals surface area contributed by atoms with Crippen molar-refractivity contribution in [2.75, 3.05) is 13.1 Å². The third kappa shape index (κ3) is 5.01. The fourth-order valence-corrected chi connectivity index (χ4v) is 5.00. The molecule has 0 spiro atoms. The van der Waals surface area contributed by atoms with E-state index in [4.69, 9.17) is 4.98 Å². The summed E-state index contributed by atoms with van der Waals surface area (Å²) in [7, 11) is 0. The summed E-state index contributed by atoms with van der Waals surface area (Å²) in [6, 6.07) is 15.6. The van der Waals surface area contributed by atoms with Gasteiger partial charge in [-0.2, -0.15) is 0 Å². The molecule has 1 aliphatic rings. The Morgan fingerprint density at radius 1 is 1.03 bits per heavy atom. The standard InChI is InChI=1S/C25H29N3O2S/c1-18-11-13-20(14-12-18)17-28-24(30)21-9-5-6-10-22(21)26-25(28)31-19(2)23(29)27-15-7-3-4-8-16-27/h5-6,9-14,19H,3-4,7-8,15-17H2,1-2H3. The van der Waals surface area contributed by atoms with Gasteiger partial charge in [-0.05, 0) is 44.4 Å². The molecule has 0 saturated carbocycles. The fourth-order valence-electron chi connectivity index (χ4n) is 4.01. The van der Waals surface area contributed by atoms with Crippen LogP contribution in [0.2, 0.25) is 0 Å². The number of amides is 1. The highest BCUT2D eigenvalue weighted by molar-refractivity contribution is 8.00. The predicted octanol–water partition coefficient (Wildman–Crippen LogP) is 4.64. The molecule has 1 unspecified atom stereocenters. The van der Waals surface area contributed by atoms with E-state index in [2.05, 4.69) is 0 Å². The number of aromatic nitrogens is 2. The number of aryl methyl sites for hydroxylation is 1. The van der Waals surface area contributed by atoms with Crippen LogP contribution in [0.25, 0.3) is 10.9 Å². The highest BCUT2D eigenvalue weighted by Gasteiger charge is 2.24. The molecule has 0 aliphatic carbocycles. The zero-order valence-electron chi connectivity index (χ0n) is 18.2. The van der Waals surface area contributed by atoms with Crippen LogP contribution in [0.15, 0.2) is 58.5 Å². The van der Waals surface area contributed by atoms with Gasteiger partial charge in [0, 0.05) is 13.1 Å². The van der Waals surface area contributed by atoms with E-state index in [9.17, 15) is 9.59 Å². The van der Waals surface area contributed by atoms with E-state index in [0.717, 1.165) is 31.5 Å². The van der Waals surface area contributed by atoms with E-state index < -0.39 is 0 Å². The molecule has 1 fully saturated rings. The van der Waals surface area contributed by atoms with E-state index in [-0.39, 0.29) is 16.7 Å². The van der Waals surface area contributed by atoms with Crippen molar-refractivity contribution in [3.63, 3.8) is 0 Å². The topological polar surface area (TPSA) is 55.2 Å². The highest BCUT2D eigenvalue weighted by Crippen LogP contribution is 2.25. The van der Waals surface area contributed by atoms with Crippen molar-refractivity contribution in [1.29, 1.82) is 0 Å². The Kier molecular flexibility index (Phi) is 6.76. The van der Waals surface area contributed by atoms with Crippen LogP contribution in [0.5, 0.6) is 0 Å². The lowest BCUT2D eigenvalue weighted by Crippen LogP contribution is -2.37. The van der Waals surface area contributed by atoms with Crippen LogP contribution < -0.4 is 5.56 Å². The molecule has 1 aliphatic heterocycles. The third-order valence-corrected chi connectivity index (χ3v) is 6.91. The number of carbonyl (C=O) groups is 1. The van der Waals surface area contributed by atoms with Gasteiger partial charge in [0.2, 0.25) is 5.91 Å². The minimum Gasteiger partial charge on any atom is -0.342 e. The Balaban J connectivity index is 1.67. The molecule has 5 nitrogen and oxygen atoms in total. The van der Waals surface area contributed by atoms with Gasteiger partial charge in [0.25, 0.3) is 5.56 Å². The second-order valence-corrected chi connectivity index (χ2v) is 9.60. The third-order valence-electron chi connectivity index (χ3n) is 5.84. The van der Waals surface area contributed by atoms with Gasteiger partial charge >= 0.3 is 0 Å². The summed E-state index contributed by atoms with van der Waals surface area (Å²) >= 11 is 1.39. The number of hydrogen-bond donors (Lipinski definition) is 0. The maximum Gasteiger partial charge on any atom is 0.262 e. The lowest BCUT2D eigenvalue weighted by Gasteiger charge is -2.24. The second-order valence-electron chi connectivity index (χ2n) is 8.29. The fraction of sp³-hybridized carbons (Fsp3) is 0.400. The Hall–Kier alpha value is -2.60. The number of rotatable bonds is 5. The molecule has 3 aromatic rings. The van der Waals surface area contributed by atoms with E-state index in [1.807, 2.05) is 67.3 Å². The quantitative estimate of drug-likeness (QED) is 0.433. The van der Waals surface area contributed by atoms with Crippen molar-refractivity contribution in [3.05, 3.63) is 70.0 Å². The molecular formula is C25H29N3O2S. The Morgan fingerprint density at radius 2 is 1.71 bits per heavy atom.